The quantitative estimate of drug-likeness (QED) is 0.723. The maximum absolute atomic E-state index is 11.3. The largest absolute Gasteiger partial charge is 0.352 e. The SMILES string of the molecule is Cc1c(CNC(=O)CCCN)cnn1C. The van der Waals surface area contributed by atoms with Gasteiger partial charge < -0.3 is 11.1 Å². The number of nitrogens with two attached hydrogens (primary N) is 1. The summed E-state index contributed by atoms with van der Waals surface area (Å²) in [6.07, 6.45) is 3.01. The topological polar surface area (TPSA) is 72.9 Å². The molecule has 84 valence electrons. The molecular weight excluding hydrogens is 192 g/mol. The van der Waals surface area contributed by atoms with E-state index in [2.05, 4.69) is 10.4 Å². The van der Waals surface area contributed by atoms with Crippen LogP contribution >= 0.6 is 0 Å². The lowest BCUT2D eigenvalue weighted by molar-refractivity contribution is -0.121. The van der Waals surface area contributed by atoms with Crippen LogP contribution in [0.15, 0.2) is 6.20 Å². The highest BCUT2D eigenvalue weighted by atomic mass is 16.1. The van der Waals surface area contributed by atoms with Crippen molar-refractivity contribution < 1.29 is 4.79 Å². The highest BCUT2D eigenvalue weighted by Gasteiger charge is 2.05. The Kier molecular flexibility index (Phi) is 4.30. The van der Waals surface area contributed by atoms with Crippen LogP contribution in [0.4, 0.5) is 0 Å². The minimum atomic E-state index is 0.0451. The van der Waals surface area contributed by atoms with Crippen molar-refractivity contribution in [1.82, 2.24) is 15.1 Å². The van der Waals surface area contributed by atoms with Crippen molar-refractivity contribution in [2.75, 3.05) is 6.54 Å². The monoisotopic (exact) mass is 210 g/mol. The molecule has 5 nitrogen and oxygen atoms in total. The second-order valence-corrected chi connectivity index (χ2v) is 3.55. The van der Waals surface area contributed by atoms with Crippen LogP contribution < -0.4 is 11.1 Å². The first-order chi connectivity index (χ1) is 7.15. The molecule has 0 aliphatic rings. The zero-order valence-electron chi connectivity index (χ0n) is 9.29. The van der Waals surface area contributed by atoms with E-state index in [-0.39, 0.29) is 5.91 Å². The third-order valence-electron chi connectivity index (χ3n) is 2.42. The maximum atomic E-state index is 11.3. The van der Waals surface area contributed by atoms with Crippen LogP contribution in [0, 0.1) is 6.92 Å². The van der Waals surface area contributed by atoms with E-state index in [4.69, 9.17) is 5.73 Å². The molecule has 1 heterocycles. The molecule has 0 unspecified atom stereocenters. The molecule has 0 spiro atoms. The lowest BCUT2D eigenvalue weighted by atomic mass is 10.2. The van der Waals surface area contributed by atoms with Crippen molar-refractivity contribution in [3.63, 3.8) is 0 Å². The molecule has 0 saturated heterocycles. The molecule has 0 atom stereocenters. The number of hydrogen-bond donors (Lipinski definition) is 2. The molecule has 0 aliphatic carbocycles. The van der Waals surface area contributed by atoms with Crippen LogP contribution in [0.5, 0.6) is 0 Å². The van der Waals surface area contributed by atoms with Gasteiger partial charge in [0.05, 0.1) is 6.20 Å². The van der Waals surface area contributed by atoms with Crippen molar-refractivity contribution in [3.05, 3.63) is 17.5 Å². The van der Waals surface area contributed by atoms with Gasteiger partial charge in [0.2, 0.25) is 5.91 Å². The van der Waals surface area contributed by atoms with Crippen LogP contribution in [-0.2, 0) is 18.4 Å². The highest BCUT2D eigenvalue weighted by Crippen LogP contribution is 2.04. The van der Waals surface area contributed by atoms with E-state index in [0.717, 1.165) is 17.7 Å². The first-order valence-electron chi connectivity index (χ1n) is 5.09. The minimum absolute atomic E-state index is 0.0451. The number of rotatable bonds is 5. The van der Waals surface area contributed by atoms with E-state index < -0.39 is 0 Å². The maximum Gasteiger partial charge on any atom is 0.220 e. The summed E-state index contributed by atoms with van der Waals surface area (Å²) in [7, 11) is 1.88. The summed E-state index contributed by atoms with van der Waals surface area (Å²) in [6, 6.07) is 0. The van der Waals surface area contributed by atoms with Gasteiger partial charge in [0.15, 0.2) is 0 Å². The van der Waals surface area contributed by atoms with Crippen molar-refractivity contribution in [2.45, 2.75) is 26.3 Å². The number of nitrogens with zero attached hydrogens (tertiary/aromatic N) is 2. The highest BCUT2D eigenvalue weighted by molar-refractivity contribution is 5.75. The molecular formula is C10H18N4O. The van der Waals surface area contributed by atoms with E-state index in [1.807, 2.05) is 14.0 Å². The standard InChI is InChI=1S/C10H18N4O/c1-8-9(7-13-14(8)2)6-12-10(15)4-3-5-11/h7H,3-6,11H2,1-2H3,(H,12,15). The van der Waals surface area contributed by atoms with Crippen molar-refractivity contribution in [1.29, 1.82) is 0 Å². The lowest BCUT2D eigenvalue weighted by Gasteiger charge is -2.04. The second kappa shape index (κ2) is 5.50. The lowest BCUT2D eigenvalue weighted by Crippen LogP contribution is -2.23. The minimum Gasteiger partial charge on any atom is -0.352 e. The second-order valence-electron chi connectivity index (χ2n) is 3.55. The van der Waals surface area contributed by atoms with Gasteiger partial charge >= 0.3 is 0 Å². The van der Waals surface area contributed by atoms with Gasteiger partial charge in [0.1, 0.15) is 0 Å². The van der Waals surface area contributed by atoms with E-state index in [9.17, 15) is 4.79 Å². The van der Waals surface area contributed by atoms with Crippen LogP contribution in [0.25, 0.3) is 0 Å². The van der Waals surface area contributed by atoms with Crippen LogP contribution in [0.2, 0.25) is 0 Å². The van der Waals surface area contributed by atoms with E-state index >= 15 is 0 Å². The summed E-state index contributed by atoms with van der Waals surface area (Å²) in [5.74, 6) is 0.0451. The molecule has 0 saturated carbocycles. The summed E-state index contributed by atoms with van der Waals surface area (Å²) in [6.45, 7) is 3.08. The predicted octanol–water partition coefficient (Wildman–Crippen LogP) is 0.0836. The number of aromatic nitrogens is 2. The Morgan fingerprint density at radius 2 is 2.40 bits per heavy atom. The van der Waals surface area contributed by atoms with Crippen LogP contribution in [0.1, 0.15) is 24.1 Å². The molecule has 1 amide bonds. The molecule has 15 heavy (non-hydrogen) atoms. The number of carbonyl (C=O) groups is 1. The third-order valence-corrected chi connectivity index (χ3v) is 2.42. The Bertz CT molecular complexity index is 332. The number of hydrogen-bond acceptors (Lipinski definition) is 3. The Morgan fingerprint density at radius 1 is 1.67 bits per heavy atom. The van der Waals surface area contributed by atoms with Crippen LogP contribution in [-0.4, -0.2) is 22.2 Å². The van der Waals surface area contributed by atoms with Crippen molar-refractivity contribution >= 4 is 5.91 Å². The van der Waals surface area contributed by atoms with Gasteiger partial charge in [-0.2, -0.15) is 5.10 Å². The Labute approximate surface area is 89.6 Å². The molecule has 0 fully saturated rings. The summed E-state index contributed by atoms with van der Waals surface area (Å²) in [4.78, 5) is 11.3. The van der Waals surface area contributed by atoms with Gasteiger partial charge in [-0.15, -0.1) is 0 Å². The normalized spacial score (nSPS) is 10.3. The molecule has 0 bridgehead atoms. The molecule has 1 aromatic heterocycles. The Morgan fingerprint density at radius 3 is 2.93 bits per heavy atom. The summed E-state index contributed by atoms with van der Waals surface area (Å²) < 4.78 is 1.79. The molecule has 5 heteroatoms. The number of nitrogens with one attached hydrogen (secondary N) is 1. The molecule has 3 N–H and O–H groups in total. The van der Waals surface area contributed by atoms with Gasteiger partial charge in [0.25, 0.3) is 0 Å². The van der Waals surface area contributed by atoms with Gasteiger partial charge in [-0.1, -0.05) is 0 Å². The zero-order chi connectivity index (χ0) is 11.3. The molecule has 0 aromatic carbocycles. The predicted molar refractivity (Wildman–Crippen MR) is 58.1 cm³/mol. The van der Waals surface area contributed by atoms with Gasteiger partial charge in [-0.05, 0) is 19.9 Å². The average molecular weight is 210 g/mol. The van der Waals surface area contributed by atoms with Crippen molar-refractivity contribution in [3.8, 4) is 0 Å². The van der Waals surface area contributed by atoms with E-state index in [1.54, 1.807) is 10.9 Å². The molecule has 0 aliphatic heterocycles. The van der Waals surface area contributed by atoms with Gasteiger partial charge in [0, 0.05) is 31.3 Å². The van der Waals surface area contributed by atoms with E-state index in [1.165, 1.54) is 0 Å². The summed E-state index contributed by atoms with van der Waals surface area (Å²) in [5, 5.41) is 6.94. The fourth-order valence-electron chi connectivity index (χ4n) is 1.26. The number of aryl methyl sites for hydroxylation is 1. The van der Waals surface area contributed by atoms with Gasteiger partial charge in [-0.3, -0.25) is 9.48 Å². The van der Waals surface area contributed by atoms with Gasteiger partial charge in [-0.25, -0.2) is 0 Å². The molecule has 1 aromatic rings. The molecule has 0 radical (unpaired) electrons. The first-order valence-corrected chi connectivity index (χ1v) is 5.09. The Balaban J connectivity index is 2.37. The van der Waals surface area contributed by atoms with E-state index in [0.29, 0.717) is 19.5 Å². The zero-order valence-corrected chi connectivity index (χ0v) is 9.29. The smallest absolute Gasteiger partial charge is 0.220 e. The summed E-state index contributed by atoms with van der Waals surface area (Å²) in [5.41, 5.74) is 7.45. The number of carbonyl (C=O) groups excluding carboxylic acids is 1. The fourth-order valence-corrected chi connectivity index (χ4v) is 1.26. The first kappa shape index (κ1) is 11.7. The summed E-state index contributed by atoms with van der Waals surface area (Å²) >= 11 is 0. The van der Waals surface area contributed by atoms with Crippen molar-refractivity contribution in [2.24, 2.45) is 12.8 Å². The Hall–Kier alpha value is -1.36. The average Bonchev–Trinajstić information content (AvgIpc) is 2.54. The molecule has 1 rings (SSSR count). The third kappa shape index (κ3) is 3.36. The number of amides is 1. The van der Waals surface area contributed by atoms with Crippen LogP contribution in [0.3, 0.4) is 0 Å². The fraction of sp³-hybridized carbons (Fsp3) is 0.600.